The lowest BCUT2D eigenvalue weighted by atomic mass is 10.1. The Labute approximate surface area is 151 Å². The third kappa shape index (κ3) is 3.56. The Hall–Kier alpha value is -2.28. The van der Waals surface area contributed by atoms with E-state index in [4.69, 9.17) is 21.5 Å². The molecule has 0 saturated carbocycles. The van der Waals surface area contributed by atoms with Gasteiger partial charge in [-0.3, -0.25) is 0 Å². The van der Waals surface area contributed by atoms with Crippen molar-refractivity contribution in [2.45, 2.75) is 11.8 Å². The first-order valence-electron chi connectivity index (χ1n) is 7.46. The van der Waals surface area contributed by atoms with Crippen molar-refractivity contribution in [3.63, 3.8) is 0 Å². The van der Waals surface area contributed by atoms with Gasteiger partial charge >= 0.3 is 0 Å². The molecular formula is C18H17ClN2O3S. The number of halogens is 1. The van der Waals surface area contributed by atoms with Crippen LogP contribution in [0.15, 0.2) is 59.6 Å². The minimum absolute atomic E-state index is 0.0779. The minimum Gasteiger partial charge on any atom is -0.495 e. The van der Waals surface area contributed by atoms with E-state index in [0.717, 1.165) is 22.5 Å². The van der Waals surface area contributed by atoms with E-state index in [-0.39, 0.29) is 4.90 Å². The molecule has 7 heteroatoms. The summed E-state index contributed by atoms with van der Waals surface area (Å²) in [6, 6.07) is 14.0. The van der Waals surface area contributed by atoms with Gasteiger partial charge in [0.25, 0.3) is 0 Å². The van der Waals surface area contributed by atoms with Gasteiger partial charge in [0.05, 0.1) is 22.7 Å². The van der Waals surface area contributed by atoms with Crippen LogP contribution in [-0.2, 0) is 10.0 Å². The van der Waals surface area contributed by atoms with Crippen molar-refractivity contribution in [2.24, 2.45) is 5.14 Å². The van der Waals surface area contributed by atoms with E-state index in [0.29, 0.717) is 10.8 Å². The number of methoxy groups -OCH3 is 1. The highest BCUT2D eigenvalue weighted by atomic mass is 35.5. The van der Waals surface area contributed by atoms with Gasteiger partial charge in [-0.1, -0.05) is 11.6 Å². The fourth-order valence-corrected chi connectivity index (χ4v) is 3.43. The number of aromatic nitrogens is 1. The van der Waals surface area contributed by atoms with E-state index in [1.807, 2.05) is 42.0 Å². The molecule has 25 heavy (non-hydrogen) atoms. The normalized spacial score (nSPS) is 11.5. The van der Waals surface area contributed by atoms with E-state index in [2.05, 4.69) is 0 Å². The van der Waals surface area contributed by atoms with Crippen molar-refractivity contribution in [1.82, 2.24) is 4.57 Å². The van der Waals surface area contributed by atoms with Crippen LogP contribution in [0.4, 0.5) is 0 Å². The molecule has 3 rings (SSSR count). The van der Waals surface area contributed by atoms with Gasteiger partial charge < -0.3 is 9.30 Å². The van der Waals surface area contributed by atoms with Gasteiger partial charge in [0.1, 0.15) is 5.75 Å². The predicted molar refractivity (Wildman–Crippen MR) is 98.9 cm³/mol. The summed E-state index contributed by atoms with van der Waals surface area (Å²) in [5.41, 5.74) is 3.75. The number of nitrogens with zero attached hydrogens (tertiary/aromatic N) is 1. The SMILES string of the molecule is COc1ccc(-c2cc(C)cn2-c2ccc(S(N)(=O)=O)cc2)cc1Cl. The maximum Gasteiger partial charge on any atom is 0.238 e. The molecule has 0 saturated heterocycles. The number of ether oxygens (including phenoxy) is 1. The highest BCUT2D eigenvalue weighted by Gasteiger charge is 2.12. The average molecular weight is 377 g/mol. The van der Waals surface area contributed by atoms with Crippen LogP contribution < -0.4 is 9.88 Å². The van der Waals surface area contributed by atoms with Crippen LogP contribution in [-0.4, -0.2) is 20.1 Å². The second kappa shape index (κ2) is 6.55. The second-order valence-electron chi connectivity index (χ2n) is 5.66. The molecule has 0 spiro atoms. The summed E-state index contributed by atoms with van der Waals surface area (Å²) in [7, 11) is -2.14. The van der Waals surface area contributed by atoms with E-state index in [1.165, 1.54) is 12.1 Å². The van der Waals surface area contributed by atoms with Crippen molar-refractivity contribution < 1.29 is 13.2 Å². The zero-order valence-electron chi connectivity index (χ0n) is 13.7. The molecule has 0 amide bonds. The maximum atomic E-state index is 11.4. The zero-order valence-corrected chi connectivity index (χ0v) is 15.3. The number of sulfonamides is 1. The van der Waals surface area contributed by atoms with Crippen LogP contribution in [0.25, 0.3) is 16.9 Å². The van der Waals surface area contributed by atoms with E-state index < -0.39 is 10.0 Å². The van der Waals surface area contributed by atoms with Crippen LogP contribution in [0.1, 0.15) is 5.56 Å². The van der Waals surface area contributed by atoms with Gasteiger partial charge in [0, 0.05) is 17.4 Å². The molecule has 0 radical (unpaired) electrons. The lowest BCUT2D eigenvalue weighted by Crippen LogP contribution is -2.12. The first-order chi connectivity index (χ1) is 11.8. The molecule has 3 aromatic rings. The largest absolute Gasteiger partial charge is 0.495 e. The van der Waals surface area contributed by atoms with Gasteiger partial charge in [-0.05, 0) is 61.0 Å². The Morgan fingerprint density at radius 1 is 1.08 bits per heavy atom. The monoisotopic (exact) mass is 376 g/mol. The minimum atomic E-state index is -3.71. The Balaban J connectivity index is 2.09. The fraction of sp³-hybridized carbons (Fsp3) is 0.111. The molecule has 1 heterocycles. The number of nitrogens with two attached hydrogens (primary N) is 1. The van der Waals surface area contributed by atoms with E-state index in [9.17, 15) is 8.42 Å². The molecule has 2 N–H and O–H groups in total. The number of hydrogen-bond acceptors (Lipinski definition) is 3. The molecule has 0 aliphatic carbocycles. The fourth-order valence-electron chi connectivity index (χ4n) is 2.65. The molecule has 2 aromatic carbocycles. The zero-order chi connectivity index (χ0) is 18.2. The van der Waals surface area contributed by atoms with Gasteiger partial charge in [0.2, 0.25) is 10.0 Å². The number of primary sulfonamides is 1. The van der Waals surface area contributed by atoms with Gasteiger partial charge in [-0.15, -0.1) is 0 Å². The summed E-state index contributed by atoms with van der Waals surface area (Å²) in [6.07, 6.45) is 1.97. The smallest absolute Gasteiger partial charge is 0.238 e. The maximum absolute atomic E-state index is 11.4. The van der Waals surface area contributed by atoms with Crippen LogP contribution in [0.3, 0.4) is 0 Å². The Morgan fingerprint density at radius 2 is 1.76 bits per heavy atom. The topological polar surface area (TPSA) is 74.3 Å². The predicted octanol–water partition coefficient (Wildman–Crippen LogP) is 3.76. The quantitative estimate of drug-likeness (QED) is 0.753. The molecule has 0 unspecified atom stereocenters. The van der Waals surface area contributed by atoms with Crippen molar-refractivity contribution in [1.29, 1.82) is 0 Å². The van der Waals surface area contributed by atoms with E-state index >= 15 is 0 Å². The molecule has 0 aliphatic heterocycles. The van der Waals surface area contributed by atoms with Gasteiger partial charge in [-0.2, -0.15) is 0 Å². The standard InChI is InChI=1S/C18H17ClN2O3S/c1-12-9-17(13-3-8-18(24-2)16(19)10-13)21(11-12)14-4-6-15(7-5-14)25(20,22)23/h3-11H,1-2H3,(H2,20,22,23). The number of benzene rings is 2. The van der Waals surface area contributed by atoms with Crippen LogP contribution in [0.2, 0.25) is 5.02 Å². The average Bonchev–Trinajstić information content (AvgIpc) is 2.96. The summed E-state index contributed by atoms with van der Waals surface area (Å²) in [5.74, 6) is 0.609. The van der Waals surface area contributed by atoms with Crippen molar-refractivity contribution in [2.75, 3.05) is 7.11 Å². The number of hydrogen-bond donors (Lipinski definition) is 1. The third-order valence-electron chi connectivity index (χ3n) is 3.85. The number of aryl methyl sites for hydroxylation is 1. The molecule has 0 bridgehead atoms. The molecule has 130 valence electrons. The van der Waals surface area contributed by atoms with Crippen LogP contribution >= 0.6 is 11.6 Å². The highest BCUT2D eigenvalue weighted by molar-refractivity contribution is 7.89. The highest BCUT2D eigenvalue weighted by Crippen LogP contribution is 2.32. The first kappa shape index (κ1) is 17.5. The lowest BCUT2D eigenvalue weighted by Gasteiger charge is -2.11. The Morgan fingerprint density at radius 3 is 2.32 bits per heavy atom. The lowest BCUT2D eigenvalue weighted by molar-refractivity contribution is 0.415. The summed E-state index contributed by atoms with van der Waals surface area (Å²) in [5, 5.41) is 5.68. The van der Waals surface area contributed by atoms with Gasteiger partial charge in [0.15, 0.2) is 0 Å². The van der Waals surface area contributed by atoms with Crippen molar-refractivity contribution in [3.05, 3.63) is 65.3 Å². The van der Waals surface area contributed by atoms with Crippen molar-refractivity contribution in [3.8, 4) is 22.7 Å². The Bertz CT molecular complexity index is 1020. The van der Waals surface area contributed by atoms with Crippen molar-refractivity contribution >= 4 is 21.6 Å². The molecule has 0 aliphatic rings. The molecule has 0 atom stereocenters. The van der Waals surface area contributed by atoms with Crippen LogP contribution in [0.5, 0.6) is 5.75 Å². The van der Waals surface area contributed by atoms with Crippen LogP contribution in [0, 0.1) is 6.92 Å². The second-order valence-corrected chi connectivity index (χ2v) is 7.63. The summed E-state index contributed by atoms with van der Waals surface area (Å²) in [4.78, 5) is 0.0779. The molecular weight excluding hydrogens is 360 g/mol. The first-order valence-corrected chi connectivity index (χ1v) is 9.38. The summed E-state index contributed by atoms with van der Waals surface area (Å²) >= 11 is 6.24. The molecule has 5 nitrogen and oxygen atoms in total. The van der Waals surface area contributed by atoms with E-state index in [1.54, 1.807) is 19.2 Å². The Kier molecular flexibility index (Phi) is 4.60. The number of rotatable bonds is 4. The summed E-state index contributed by atoms with van der Waals surface area (Å²) in [6.45, 7) is 1.99. The van der Waals surface area contributed by atoms with Gasteiger partial charge in [-0.25, -0.2) is 13.6 Å². The molecule has 1 aromatic heterocycles. The molecule has 0 fully saturated rings. The third-order valence-corrected chi connectivity index (χ3v) is 5.07. The summed E-state index contributed by atoms with van der Waals surface area (Å²) < 4.78 is 30.0.